The van der Waals surface area contributed by atoms with Gasteiger partial charge in [-0.05, 0) is 48.9 Å². The van der Waals surface area contributed by atoms with Crippen molar-refractivity contribution in [2.24, 2.45) is 0 Å². The molecule has 0 amide bonds. The number of furan rings is 1. The number of nitrogens with zero attached hydrogens (tertiary/aromatic N) is 2. The summed E-state index contributed by atoms with van der Waals surface area (Å²) in [6.07, 6.45) is 1.63. The molecule has 0 bridgehead atoms. The molecular formula is C21H18N2O4. The monoisotopic (exact) mass is 362 g/mol. The quantitative estimate of drug-likeness (QED) is 0.554. The molecule has 0 saturated heterocycles. The average Bonchev–Trinajstić information content (AvgIpc) is 3.29. The van der Waals surface area contributed by atoms with E-state index < -0.39 is 5.97 Å². The van der Waals surface area contributed by atoms with Crippen LogP contribution in [-0.4, -0.2) is 20.6 Å². The van der Waals surface area contributed by atoms with E-state index in [9.17, 15) is 9.90 Å². The molecule has 4 rings (SSSR count). The number of fused-ring (bicyclic) bond motifs is 1. The van der Waals surface area contributed by atoms with Gasteiger partial charge in [-0.3, -0.25) is 0 Å². The second-order valence-electron chi connectivity index (χ2n) is 6.26. The minimum Gasteiger partial charge on any atom is -0.485 e. The van der Waals surface area contributed by atoms with Gasteiger partial charge < -0.3 is 18.8 Å². The molecule has 2 aromatic carbocycles. The number of carbonyl (C=O) groups is 1. The van der Waals surface area contributed by atoms with Crippen LogP contribution in [0.5, 0.6) is 5.75 Å². The van der Waals surface area contributed by atoms with Crippen LogP contribution < -0.4 is 4.74 Å². The topological polar surface area (TPSA) is 77.5 Å². The molecule has 0 fully saturated rings. The van der Waals surface area contributed by atoms with Crippen LogP contribution in [0.4, 0.5) is 0 Å². The van der Waals surface area contributed by atoms with Crippen LogP contribution in [0.15, 0.2) is 65.3 Å². The smallest absolute Gasteiger partial charge is 0.335 e. The minimum absolute atomic E-state index is 0.205. The number of para-hydroxylation sites is 1. The molecule has 136 valence electrons. The Hall–Kier alpha value is -3.54. The van der Waals surface area contributed by atoms with Gasteiger partial charge in [0.2, 0.25) is 0 Å². The summed E-state index contributed by atoms with van der Waals surface area (Å²) in [6, 6.07) is 16.4. The van der Waals surface area contributed by atoms with Gasteiger partial charge in [0.05, 0.1) is 29.4 Å². The number of hydrogen-bond donors (Lipinski definition) is 1. The zero-order valence-electron chi connectivity index (χ0n) is 14.8. The van der Waals surface area contributed by atoms with Crippen LogP contribution in [0.1, 0.15) is 27.5 Å². The molecule has 0 saturated carbocycles. The van der Waals surface area contributed by atoms with Crippen molar-refractivity contribution in [3.8, 4) is 5.75 Å². The van der Waals surface area contributed by atoms with Gasteiger partial charge in [-0.1, -0.05) is 18.2 Å². The minimum atomic E-state index is -0.977. The number of ether oxygens (including phenoxy) is 1. The molecule has 0 aliphatic rings. The Morgan fingerprint density at radius 1 is 1.19 bits per heavy atom. The van der Waals surface area contributed by atoms with E-state index in [2.05, 4.69) is 4.98 Å². The molecule has 0 atom stereocenters. The highest BCUT2D eigenvalue weighted by molar-refractivity contribution is 5.92. The Balaban J connectivity index is 1.72. The second kappa shape index (κ2) is 6.99. The van der Waals surface area contributed by atoms with Gasteiger partial charge in [0, 0.05) is 0 Å². The zero-order chi connectivity index (χ0) is 18.8. The summed E-state index contributed by atoms with van der Waals surface area (Å²) < 4.78 is 13.4. The van der Waals surface area contributed by atoms with Crippen molar-refractivity contribution < 1.29 is 19.1 Å². The SMILES string of the molecule is Cc1ccccc1OCc1nc2cc(C(=O)O)ccc2n1Cc1ccco1. The lowest BCUT2D eigenvalue weighted by Crippen LogP contribution is -2.08. The summed E-state index contributed by atoms with van der Waals surface area (Å²) in [5.74, 6) is 1.30. The standard InChI is InChI=1S/C21H18N2O4/c1-14-5-2-3-7-19(14)27-13-20-22-17-11-15(21(24)25)8-9-18(17)23(20)12-16-6-4-10-26-16/h2-11H,12-13H2,1H3,(H,24,25). The van der Waals surface area contributed by atoms with Crippen LogP contribution in [0.3, 0.4) is 0 Å². The highest BCUT2D eigenvalue weighted by Gasteiger charge is 2.15. The molecule has 0 aliphatic carbocycles. The Morgan fingerprint density at radius 3 is 2.78 bits per heavy atom. The Labute approximate surface area is 155 Å². The summed E-state index contributed by atoms with van der Waals surface area (Å²) in [5, 5.41) is 9.24. The van der Waals surface area contributed by atoms with Crippen molar-refractivity contribution in [3.63, 3.8) is 0 Å². The van der Waals surface area contributed by atoms with Crippen molar-refractivity contribution in [3.05, 3.63) is 83.6 Å². The number of imidazole rings is 1. The fraction of sp³-hybridized carbons (Fsp3) is 0.143. The Morgan fingerprint density at radius 2 is 2.04 bits per heavy atom. The molecule has 6 nitrogen and oxygen atoms in total. The van der Waals surface area contributed by atoms with Gasteiger partial charge in [-0.2, -0.15) is 0 Å². The van der Waals surface area contributed by atoms with Crippen LogP contribution in [0.25, 0.3) is 11.0 Å². The lowest BCUT2D eigenvalue weighted by Gasteiger charge is -2.11. The van der Waals surface area contributed by atoms with E-state index in [0.29, 0.717) is 17.9 Å². The van der Waals surface area contributed by atoms with Crippen molar-refractivity contribution >= 4 is 17.0 Å². The first-order chi connectivity index (χ1) is 13.1. The number of carboxylic acid groups (broad SMARTS) is 1. The number of benzene rings is 2. The summed E-state index contributed by atoms with van der Waals surface area (Å²) in [5.41, 5.74) is 2.69. The molecule has 27 heavy (non-hydrogen) atoms. The summed E-state index contributed by atoms with van der Waals surface area (Å²) >= 11 is 0. The molecule has 1 N–H and O–H groups in total. The van der Waals surface area contributed by atoms with Crippen LogP contribution >= 0.6 is 0 Å². The van der Waals surface area contributed by atoms with Gasteiger partial charge in [-0.15, -0.1) is 0 Å². The summed E-state index contributed by atoms with van der Waals surface area (Å²) in [7, 11) is 0. The molecule has 0 aliphatic heterocycles. The zero-order valence-corrected chi connectivity index (χ0v) is 14.8. The number of aromatic carboxylic acids is 1. The van der Waals surface area contributed by atoms with E-state index in [0.717, 1.165) is 22.6 Å². The molecule has 0 radical (unpaired) electrons. The van der Waals surface area contributed by atoms with Gasteiger partial charge in [0.25, 0.3) is 0 Å². The number of aromatic nitrogens is 2. The lowest BCUT2D eigenvalue weighted by molar-refractivity contribution is 0.0697. The van der Waals surface area contributed by atoms with Crippen LogP contribution in [0.2, 0.25) is 0 Å². The maximum absolute atomic E-state index is 11.3. The number of aryl methyl sites for hydroxylation is 1. The maximum atomic E-state index is 11.3. The van der Waals surface area contributed by atoms with Gasteiger partial charge in [0.15, 0.2) is 0 Å². The largest absolute Gasteiger partial charge is 0.485 e. The second-order valence-corrected chi connectivity index (χ2v) is 6.26. The highest BCUT2D eigenvalue weighted by atomic mass is 16.5. The van der Waals surface area contributed by atoms with E-state index in [1.165, 1.54) is 0 Å². The number of carboxylic acids is 1. The molecule has 2 heterocycles. The van der Waals surface area contributed by atoms with E-state index in [1.54, 1.807) is 24.5 Å². The van der Waals surface area contributed by atoms with Crippen molar-refractivity contribution in [1.29, 1.82) is 0 Å². The summed E-state index contributed by atoms with van der Waals surface area (Å²) in [6.45, 7) is 2.74. The third-order valence-electron chi connectivity index (χ3n) is 4.42. The third-order valence-corrected chi connectivity index (χ3v) is 4.42. The van der Waals surface area contributed by atoms with Gasteiger partial charge in [0.1, 0.15) is 23.9 Å². The highest BCUT2D eigenvalue weighted by Crippen LogP contribution is 2.23. The molecule has 0 spiro atoms. The van der Waals surface area contributed by atoms with Crippen LogP contribution in [0, 0.1) is 6.92 Å². The Kier molecular flexibility index (Phi) is 4.38. The van der Waals surface area contributed by atoms with E-state index in [4.69, 9.17) is 9.15 Å². The van der Waals surface area contributed by atoms with E-state index in [1.807, 2.05) is 47.9 Å². The summed E-state index contributed by atoms with van der Waals surface area (Å²) in [4.78, 5) is 15.9. The normalized spacial score (nSPS) is 11.0. The molecule has 4 aromatic rings. The number of hydrogen-bond acceptors (Lipinski definition) is 4. The van der Waals surface area contributed by atoms with E-state index in [-0.39, 0.29) is 12.2 Å². The Bertz CT molecular complexity index is 1100. The molecule has 0 unspecified atom stereocenters. The maximum Gasteiger partial charge on any atom is 0.335 e. The van der Waals surface area contributed by atoms with Gasteiger partial charge >= 0.3 is 5.97 Å². The van der Waals surface area contributed by atoms with Crippen molar-refractivity contribution in [2.45, 2.75) is 20.1 Å². The van der Waals surface area contributed by atoms with Crippen molar-refractivity contribution in [1.82, 2.24) is 9.55 Å². The number of rotatable bonds is 6. The van der Waals surface area contributed by atoms with Crippen LogP contribution in [-0.2, 0) is 13.2 Å². The fourth-order valence-corrected chi connectivity index (χ4v) is 3.02. The third kappa shape index (κ3) is 3.42. The van der Waals surface area contributed by atoms with Crippen molar-refractivity contribution in [2.75, 3.05) is 0 Å². The lowest BCUT2D eigenvalue weighted by atomic mass is 10.2. The molecule has 6 heteroatoms. The van der Waals surface area contributed by atoms with Gasteiger partial charge in [-0.25, -0.2) is 9.78 Å². The van der Waals surface area contributed by atoms with E-state index >= 15 is 0 Å². The predicted octanol–water partition coefficient (Wildman–Crippen LogP) is 4.26. The first-order valence-corrected chi connectivity index (χ1v) is 8.55. The first-order valence-electron chi connectivity index (χ1n) is 8.55. The average molecular weight is 362 g/mol. The fourth-order valence-electron chi connectivity index (χ4n) is 3.02. The molecular weight excluding hydrogens is 344 g/mol. The predicted molar refractivity (Wildman–Crippen MR) is 100 cm³/mol. The first kappa shape index (κ1) is 16.9. The molecule has 2 aromatic heterocycles.